The van der Waals surface area contributed by atoms with Crippen LogP contribution in [0.15, 0.2) is 22.8 Å². The maximum absolute atomic E-state index is 12.7. The van der Waals surface area contributed by atoms with E-state index in [1.165, 1.54) is 12.3 Å². The fourth-order valence-corrected chi connectivity index (χ4v) is 2.45. The Morgan fingerprint density at radius 1 is 1.45 bits per heavy atom. The number of halogens is 3. The summed E-state index contributed by atoms with van der Waals surface area (Å²) in [6, 6.07) is 3.10. The molecule has 9 heteroatoms. The van der Waals surface area contributed by atoms with Crippen molar-refractivity contribution in [3.05, 3.63) is 35.8 Å². The summed E-state index contributed by atoms with van der Waals surface area (Å²) in [5.74, 6) is -0.886. The Bertz CT molecular complexity index is 663. The topological polar surface area (TPSA) is 73.0 Å². The standard InChI is InChI=1S/C13H13F3N4O2/c14-13(15,16)8-3-4-20-10(6-8)18-19-11(20)7-17-12(21)9-2-1-5-22-9/h1-2,5,8H,3-4,6-7H2,(H,17,21)/t8-/m1/s1. The van der Waals surface area contributed by atoms with Gasteiger partial charge in [0.1, 0.15) is 5.82 Å². The van der Waals surface area contributed by atoms with Crippen molar-refractivity contribution in [2.45, 2.75) is 32.1 Å². The van der Waals surface area contributed by atoms with Gasteiger partial charge in [0.2, 0.25) is 0 Å². The number of aromatic nitrogens is 3. The lowest BCUT2D eigenvalue weighted by Crippen LogP contribution is -2.32. The summed E-state index contributed by atoms with van der Waals surface area (Å²) in [5.41, 5.74) is 0. The van der Waals surface area contributed by atoms with Gasteiger partial charge in [-0.05, 0) is 18.6 Å². The lowest BCUT2D eigenvalue weighted by Gasteiger charge is -2.25. The molecule has 0 fully saturated rings. The number of carbonyl (C=O) groups excluding carboxylic acids is 1. The molecule has 0 spiro atoms. The highest BCUT2D eigenvalue weighted by molar-refractivity contribution is 5.91. The minimum Gasteiger partial charge on any atom is -0.459 e. The Kier molecular flexibility index (Phi) is 3.63. The number of carbonyl (C=O) groups is 1. The molecule has 2 aromatic rings. The third-order valence-electron chi connectivity index (χ3n) is 3.65. The Hall–Kier alpha value is -2.32. The van der Waals surface area contributed by atoms with E-state index >= 15 is 0 Å². The van der Waals surface area contributed by atoms with Crippen molar-refractivity contribution in [2.75, 3.05) is 0 Å². The molecule has 3 heterocycles. The smallest absolute Gasteiger partial charge is 0.392 e. The van der Waals surface area contributed by atoms with Crippen LogP contribution in [-0.2, 0) is 19.5 Å². The maximum atomic E-state index is 12.7. The van der Waals surface area contributed by atoms with Crippen LogP contribution in [0.4, 0.5) is 13.2 Å². The normalized spacial score (nSPS) is 18.0. The number of nitrogens with one attached hydrogen (secondary N) is 1. The summed E-state index contributed by atoms with van der Waals surface area (Å²) >= 11 is 0. The summed E-state index contributed by atoms with van der Waals surface area (Å²) in [7, 11) is 0. The monoisotopic (exact) mass is 314 g/mol. The number of rotatable bonds is 3. The second-order valence-electron chi connectivity index (χ2n) is 5.08. The quantitative estimate of drug-likeness (QED) is 0.939. The van der Waals surface area contributed by atoms with E-state index in [1.54, 1.807) is 10.6 Å². The zero-order valence-corrected chi connectivity index (χ0v) is 11.4. The van der Waals surface area contributed by atoms with Gasteiger partial charge in [-0.1, -0.05) is 0 Å². The van der Waals surface area contributed by atoms with E-state index in [4.69, 9.17) is 4.42 Å². The lowest BCUT2D eigenvalue weighted by molar-refractivity contribution is -0.179. The van der Waals surface area contributed by atoms with E-state index < -0.39 is 18.0 Å². The Labute approximate surface area is 123 Å². The van der Waals surface area contributed by atoms with Crippen LogP contribution in [0.5, 0.6) is 0 Å². The van der Waals surface area contributed by atoms with Crippen molar-refractivity contribution in [2.24, 2.45) is 5.92 Å². The van der Waals surface area contributed by atoms with Crippen molar-refractivity contribution in [1.82, 2.24) is 20.1 Å². The molecule has 2 aromatic heterocycles. The first kappa shape index (κ1) is 14.6. The van der Waals surface area contributed by atoms with E-state index in [0.29, 0.717) is 11.6 Å². The number of alkyl halides is 3. The van der Waals surface area contributed by atoms with Gasteiger partial charge < -0.3 is 14.3 Å². The zero-order chi connectivity index (χ0) is 15.7. The van der Waals surface area contributed by atoms with Crippen molar-refractivity contribution >= 4 is 5.91 Å². The van der Waals surface area contributed by atoms with Gasteiger partial charge in [-0.25, -0.2) is 0 Å². The Balaban J connectivity index is 1.66. The van der Waals surface area contributed by atoms with Gasteiger partial charge in [0.05, 0.1) is 18.7 Å². The highest BCUT2D eigenvalue weighted by Gasteiger charge is 2.42. The fourth-order valence-electron chi connectivity index (χ4n) is 2.45. The molecule has 0 saturated heterocycles. The molecule has 118 valence electrons. The van der Waals surface area contributed by atoms with Gasteiger partial charge in [0.25, 0.3) is 5.91 Å². The highest BCUT2D eigenvalue weighted by Crippen LogP contribution is 2.34. The van der Waals surface area contributed by atoms with Crippen LogP contribution >= 0.6 is 0 Å². The molecule has 0 aromatic carbocycles. The van der Waals surface area contributed by atoms with Crippen molar-refractivity contribution in [3.63, 3.8) is 0 Å². The first-order chi connectivity index (χ1) is 10.4. The number of furan rings is 1. The summed E-state index contributed by atoms with van der Waals surface area (Å²) in [5, 5.41) is 10.3. The molecular formula is C13H13F3N4O2. The van der Waals surface area contributed by atoms with E-state index in [-0.39, 0.29) is 31.7 Å². The molecule has 1 amide bonds. The third-order valence-corrected chi connectivity index (χ3v) is 3.65. The lowest BCUT2D eigenvalue weighted by atomic mass is 9.97. The Morgan fingerprint density at radius 2 is 2.27 bits per heavy atom. The van der Waals surface area contributed by atoms with E-state index in [1.807, 2.05) is 0 Å². The van der Waals surface area contributed by atoms with E-state index in [2.05, 4.69) is 15.5 Å². The minimum atomic E-state index is -4.22. The van der Waals surface area contributed by atoms with Gasteiger partial charge in [-0.2, -0.15) is 13.2 Å². The average molecular weight is 314 g/mol. The largest absolute Gasteiger partial charge is 0.459 e. The number of amides is 1. The molecule has 1 aliphatic rings. The maximum Gasteiger partial charge on any atom is 0.392 e. The molecule has 0 radical (unpaired) electrons. The number of hydrogen-bond acceptors (Lipinski definition) is 4. The number of hydrogen-bond donors (Lipinski definition) is 1. The van der Waals surface area contributed by atoms with Gasteiger partial charge in [0, 0.05) is 13.0 Å². The molecule has 6 nitrogen and oxygen atoms in total. The van der Waals surface area contributed by atoms with Crippen LogP contribution in [0, 0.1) is 5.92 Å². The number of fused-ring (bicyclic) bond motifs is 1. The third kappa shape index (κ3) is 2.83. The summed E-state index contributed by atoms with van der Waals surface area (Å²) in [6.45, 7) is 0.279. The first-order valence-corrected chi connectivity index (χ1v) is 6.74. The van der Waals surface area contributed by atoms with E-state index in [0.717, 1.165) is 0 Å². The number of nitrogens with zero attached hydrogens (tertiary/aromatic N) is 3. The SMILES string of the molecule is O=C(NCc1nnc2n1CC[C@@H](C(F)(F)F)C2)c1ccco1. The molecule has 0 saturated carbocycles. The second kappa shape index (κ2) is 5.47. The van der Waals surface area contributed by atoms with Gasteiger partial charge in [-0.15, -0.1) is 10.2 Å². The van der Waals surface area contributed by atoms with Crippen LogP contribution in [0.2, 0.25) is 0 Å². The van der Waals surface area contributed by atoms with Gasteiger partial charge in [-0.3, -0.25) is 4.79 Å². The summed E-state index contributed by atoms with van der Waals surface area (Å²) in [6.07, 6.45) is -3.02. The zero-order valence-electron chi connectivity index (χ0n) is 11.4. The molecule has 3 rings (SSSR count). The van der Waals surface area contributed by atoms with Crippen LogP contribution < -0.4 is 5.32 Å². The minimum absolute atomic E-state index is 0.00628. The van der Waals surface area contributed by atoms with Crippen LogP contribution in [0.1, 0.15) is 28.6 Å². The molecule has 1 aliphatic heterocycles. The fraction of sp³-hybridized carbons (Fsp3) is 0.462. The van der Waals surface area contributed by atoms with E-state index in [9.17, 15) is 18.0 Å². The van der Waals surface area contributed by atoms with Crippen LogP contribution in [-0.4, -0.2) is 26.8 Å². The molecule has 1 N–H and O–H groups in total. The molecule has 0 unspecified atom stereocenters. The van der Waals surface area contributed by atoms with Crippen molar-refractivity contribution < 1.29 is 22.4 Å². The predicted molar refractivity (Wildman–Crippen MR) is 67.8 cm³/mol. The predicted octanol–water partition coefficient (Wildman–Crippen LogP) is 1.93. The van der Waals surface area contributed by atoms with Gasteiger partial charge in [0.15, 0.2) is 11.6 Å². The van der Waals surface area contributed by atoms with Gasteiger partial charge >= 0.3 is 6.18 Å². The summed E-state index contributed by atoms with van der Waals surface area (Å²) in [4.78, 5) is 11.7. The molecule has 0 bridgehead atoms. The average Bonchev–Trinajstić information content (AvgIpc) is 3.13. The Morgan fingerprint density at radius 3 is 2.95 bits per heavy atom. The molecule has 22 heavy (non-hydrogen) atoms. The highest BCUT2D eigenvalue weighted by atomic mass is 19.4. The van der Waals surface area contributed by atoms with Crippen LogP contribution in [0.25, 0.3) is 0 Å². The first-order valence-electron chi connectivity index (χ1n) is 6.74. The second-order valence-corrected chi connectivity index (χ2v) is 5.08. The summed E-state index contributed by atoms with van der Waals surface area (Å²) < 4.78 is 44.8. The molecule has 0 aliphatic carbocycles. The molecular weight excluding hydrogens is 301 g/mol. The van der Waals surface area contributed by atoms with Crippen molar-refractivity contribution in [3.8, 4) is 0 Å². The van der Waals surface area contributed by atoms with Crippen LogP contribution in [0.3, 0.4) is 0 Å². The molecule has 1 atom stereocenters. The van der Waals surface area contributed by atoms with Crippen molar-refractivity contribution in [1.29, 1.82) is 0 Å².